The summed E-state index contributed by atoms with van der Waals surface area (Å²) < 4.78 is 25.8. The minimum Gasteiger partial charge on any atom is -0.325 e. The van der Waals surface area contributed by atoms with Crippen molar-refractivity contribution in [3.8, 4) is 0 Å². The molecule has 0 unspecified atom stereocenters. The predicted molar refractivity (Wildman–Crippen MR) is 93.3 cm³/mol. The maximum absolute atomic E-state index is 12.3. The highest BCUT2D eigenvalue weighted by Crippen LogP contribution is 2.21. The van der Waals surface area contributed by atoms with Crippen molar-refractivity contribution >= 4 is 27.4 Å². The van der Waals surface area contributed by atoms with Gasteiger partial charge >= 0.3 is 6.03 Å². The number of hydrogen-bond acceptors (Lipinski definition) is 3. The van der Waals surface area contributed by atoms with Gasteiger partial charge in [-0.05, 0) is 50.5 Å². The van der Waals surface area contributed by atoms with Crippen LogP contribution in [0.3, 0.4) is 0 Å². The number of carbonyl (C=O) groups excluding carboxylic acids is 1. The smallest absolute Gasteiger partial charge is 0.321 e. The monoisotopic (exact) mass is 339 g/mol. The molecule has 1 aromatic rings. The highest BCUT2D eigenvalue weighted by atomic mass is 32.2. The predicted octanol–water partition coefficient (Wildman–Crippen LogP) is 3.16. The molecule has 1 aliphatic rings. The molecule has 7 heteroatoms. The molecule has 2 amide bonds. The zero-order valence-electron chi connectivity index (χ0n) is 13.8. The fraction of sp³-hybridized carbons (Fsp3) is 0.562. The molecule has 0 spiro atoms. The van der Waals surface area contributed by atoms with E-state index in [0.29, 0.717) is 11.4 Å². The van der Waals surface area contributed by atoms with Crippen molar-refractivity contribution in [2.45, 2.75) is 39.5 Å². The topological polar surface area (TPSA) is 78.5 Å². The van der Waals surface area contributed by atoms with E-state index in [9.17, 15) is 13.2 Å². The first-order chi connectivity index (χ1) is 10.9. The maximum atomic E-state index is 12.3. The van der Waals surface area contributed by atoms with Crippen LogP contribution in [0.15, 0.2) is 18.2 Å². The van der Waals surface area contributed by atoms with Gasteiger partial charge in [0, 0.05) is 18.8 Å². The average Bonchev–Trinajstić information content (AvgIpc) is 2.79. The first-order valence-corrected chi connectivity index (χ1v) is 9.73. The van der Waals surface area contributed by atoms with Gasteiger partial charge in [-0.15, -0.1) is 0 Å². The normalized spacial score (nSPS) is 15.8. The van der Waals surface area contributed by atoms with Crippen molar-refractivity contribution in [3.63, 3.8) is 0 Å². The third-order valence-corrected chi connectivity index (χ3v) is 5.31. The van der Waals surface area contributed by atoms with Gasteiger partial charge in [0.2, 0.25) is 10.0 Å². The molecular weight excluding hydrogens is 314 g/mol. The number of amides is 2. The molecule has 1 fully saturated rings. The lowest BCUT2D eigenvalue weighted by Gasteiger charge is -2.21. The molecule has 1 heterocycles. The molecule has 6 nitrogen and oxygen atoms in total. The van der Waals surface area contributed by atoms with Crippen LogP contribution in [0.4, 0.5) is 16.2 Å². The first kappa shape index (κ1) is 17.6. The van der Waals surface area contributed by atoms with Gasteiger partial charge in [-0.1, -0.05) is 12.8 Å². The van der Waals surface area contributed by atoms with Crippen LogP contribution in [0.2, 0.25) is 0 Å². The Hall–Kier alpha value is -1.76. The van der Waals surface area contributed by atoms with Crippen molar-refractivity contribution in [2.75, 3.05) is 28.9 Å². The summed E-state index contributed by atoms with van der Waals surface area (Å²) in [5, 5.41) is 2.89. The zero-order valence-corrected chi connectivity index (χ0v) is 14.6. The Morgan fingerprint density at radius 1 is 1.17 bits per heavy atom. The van der Waals surface area contributed by atoms with Crippen LogP contribution in [0, 0.1) is 6.92 Å². The summed E-state index contributed by atoms with van der Waals surface area (Å²) in [5.41, 5.74) is 1.99. The molecule has 0 saturated carbocycles. The number of nitrogens with zero attached hydrogens (tertiary/aromatic N) is 1. The van der Waals surface area contributed by atoms with E-state index in [0.717, 1.165) is 31.5 Å². The Morgan fingerprint density at radius 3 is 2.39 bits per heavy atom. The summed E-state index contributed by atoms with van der Waals surface area (Å²) in [6, 6.07) is 5.09. The molecule has 0 atom stereocenters. The second-order valence-electron chi connectivity index (χ2n) is 5.87. The number of sulfonamides is 1. The van der Waals surface area contributed by atoms with E-state index in [1.165, 1.54) is 12.8 Å². The number of anilines is 2. The van der Waals surface area contributed by atoms with Gasteiger partial charge in [-0.25, -0.2) is 13.2 Å². The van der Waals surface area contributed by atoms with Gasteiger partial charge in [-0.3, -0.25) is 4.72 Å². The molecule has 1 aliphatic heterocycles. The summed E-state index contributed by atoms with van der Waals surface area (Å²) in [6.07, 6.45) is 4.44. The Labute approximate surface area is 138 Å². The van der Waals surface area contributed by atoms with Gasteiger partial charge in [0.1, 0.15) is 0 Å². The summed E-state index contributed by atoms with van der Waals surface area (Å²) in [5.74, 6) is 0.0277. The van der Waals surface area contributed by atoms with Crippen LogP contribution >= 0.6 is 0 Å². The number of carbonyl (C=O) groups is 1. The van der Waals surface area contributed by atoms with Crippen molar-refractivity contribution in [2.24, 2.45) is 0 Å². The number of urea groups is 1. The minimum atomic E-state index is -3.30. The fourth-order valence-corrected chi connectivity index (χ4v) is 3.28. The molecule has 0 bridgehead atoms. The Balaban J connectivity index is 2.03. The number of hydrogen-bond donors (Lipinski definition) is 2. The van der Waals surface area contributed by atoms with Crippen LogP contribution < -0.4 is 10.0 Å². The van der Waals surface area contributed by atoms with Crippen LogP contribution in [0.5, 0.6) is 0 Å². The quantitative estimate of drug-likeness (QED) is 0.884. The van der Waals surface area contributed by atoms with Crippen LogP contribution in [-0.2, 0) is 10.0 Å². The summed E-state index contributed by atoms with van der Waals surface area (Å²) >= 11 is 0. The molecule has 2 N–H and O–H groups in total. The molecule has 0 radical (unpaired) electrons. The molecule has 1 saturated heterocycles. The largest absolute Gasteiger partial charge is 0.325 e. The number of benzene rings is 1. The van der Waals surface area contributed by atoms with E-state index in [1.54, 1.807) is 25.1 Å². The van der Waals surface area contributed by atoms with Crippen LogP contribution in [0.25, 0.3) is 0 Å². The number of likely N-dealkylation sites (tertiary alicyclic amines) is 1. The SMILES string of the molecule is CCS(=O)(=O)Nc1ccc(NC(=O)N2CCCCCC2)cc1C. The zero-order chi connectivity index (χ0) is 16.9. The average molecular weight is 339 g/mol. The van der Waals surface area contributed by atoms with Crippen molar-refractivity contribution in [3.05, 3.63) is 23.8 Å². The lowest BCUT2D eigenvalue weighted by atomic mass is 10.2. The third-order valence-electron chi connectivity index (χ3n) is 4.02. The highest BCUT2D eigenvalue weighted by Gasteiger charge is 2.16. The summed E-state index contributed by atoms with van der Waals surface area (Å²) in [7, 11) is -3.30. The van der Waals surface area contributed by atoms with E-state index in [-0.39, 0.29) is 11.8 Å². The van der Waals surface area contributed by atoms with E-state index in [2.05, 4.69) is 10.0 Å². The van der Waals surface area contributed by atoms with Gasteiger partial charge in [0.25, 0.3) is 0 Å². The molecular formula is C16H25N3O3S. The Kier molecular flexibility index (Phi) is 5.87. The highest BCUT2D eigenvalue weighted by molar-refractivity contribution is 7.92. The van der Waals surface area contributed by atoms with Crippen LogP contribution in [0.1, 0.15) is 38.2 Å². The van der Waals surface area contributed by atoms with E-state index >= 15 is 0 Å². The number of rotatable bonds is 4. The third kappa shape index (κ3) is 5.13. The van der Waals surface area contributed by atoms with Crippen LogP contribution in [-0.4, -0.2) is 38.2 Å². The van der Waals surface area contributed by atoms with Crippen molar-refractivity contribution < 1.29 is 13.2 Å². The van der Waals surface area contributed by atoms with E-state index in [1.807, 2.05) is 11.8 Å². The lowest BCUT2D eigenvalue weighted by Crippen LogP contribution is -2.35. The van der Waals surface area contributed by atoms with E-state index in [4.69, 9.17) is 0 Å². The minimum absolute atomic E-state index is 0.0277. The standard InChI is InChI=1S/C16H25N3O3S/c1-3-23(21,22)18-15-9-8-14(12-13(15)2)17-16(20)19-10-6-4-5-7-11-19/h8-9,12,18H,3-7,10-11H2,1-2H3,(H,17,20). The number of nitrogens with one attached hydrogen (secondary N) is 2. The molecule has 1 aromatic carbocycles. The second kappa shape index (κ2) is 7.68. The Morgan fingerprint density at radius 2 is 1.83 bits per heavy atom. The molecule has 2 rings (SSSR count). The van der Waals surface area contributed by atoms with Gasteiger partial charge in [0.15, 0.2) is 0 Å². The second-order valence-corrected chi connectivity index (χ2v) is 7.88. The number of aryl methyl sites for hydroxylation is 1. The molecule has 128 valence electrons. The van der Waals surface area contributed by atoms with Gasteiger partial charge < -0.3 is 10.2 Å². The molecule has 0 aliphatic carbocycles. The van der Waals surface area contributed by atoms with Crippen molar-refractivity contribution in [1.29, 1.82) is 0 Å². The van der Waals surface area contributed by atoms with Gasteiger partial charge in [-0.2, -0.15) is 0 Å². The van der Waals surface area contributed by atoms with Gasteiger partial charge in [0.05, 0.1) is 11.4 Å². The summed E-state index contributed by atoms with van der Waals surface area (Å²) in [4.78, 5) is 14.1. The van der Waals surface area contributed by atoms with Crippen molar-refractivity contribution in [1.82, 2.24) is 4.90 Å². The molecule has 23 heavy (non-hydrogen) atoms. The lowest BCUT2D eigenvalue weighted by molar-refractivity contribution is 0.214. The first-order valence-electron chi connectivity index (χ1n) is 8.08. The fourth-order valence-electron chi connectivity index (χ4n) is 2.57. The van der Waals surface area contributed by atoms with E-state index < -0.39 is 10.0 Å². The summed E-state index contributed by atoms with van der Waals surface area (Å²) in [6.45, 7) is 4.99. The molecule has 0 aromatic heterocycles. The maximum Gasteiger partial charge on any atom is 0.321 e. The Bertz CT molecular complexity index is 651.